The van der Waals surface area contributed by atoms with Crippen molar-refractivity contribution in [2.24, 2.45) is 0 Å². The average Bonchev–Trinajstić information content (AvgIpc) is 2.24. The van der Waals surface area contributed by atoms with Crippen molar-refractivity contribution in [1.82, 2.24) is 0 Å². The Balaban J connectivity index is 3.37. The Morgan fingerprint density at radius 3 is 2.50 bits per heavy atom. The lowest BCUT2D eigenvalue weighted by molar-refractivity contribution is -0.274. The van der Waals surface area contributed by atoms with Gasteiger partial charge in [0.25, 0.3) is 0 Å². The summed E-state index contributed by atoms with van der Waals surface area (Å²) >= 11 is 0. The number of hydrogen-bond donors (Lipinski definition) is 1. The van der Waals surface area contributed by atoms with E-state index >= 15 is 0 Å². The number of nitriles is 1. The molecular weight excluding hydrogens is 251 g/mol. The van der Waals surface area contributed by atoms with Gasteiger partial charge in [-0.25, -0.2) is 4.79 Å². The van der Waals surface area contributed by atoms with Crippen LogP contribution in [0, 0.1) is 11.3 Å². The highest BCUT2D eigenvalue weighted by Gasteiger charge is 2.32. The van der Waals surface area contributed by atoms with Crippen LogP contribution in [-0.2, 0) is 6.42 Å². The molecule has 0 spiro atoms. The van der Waals surface area contributed by atoms with E-state index in [9.17, 15) is 18.0 Å². The first kappa shape index (κ1) is 13.8. The molecule has 7 heteroatoms. The zero-order valence-corrected chi connectivity index (χ0v) is 9.21. The molecule has 0 atom stereocenters. The highest BCUT2D eigenvalue weighted by Crippen LogP contribution is 2.28. The largest absolute Gasteiger partial charge is 0.573 e. The van der Waals surface area contributed by atoms with E-state index in [0.29, 0.717) is 0 Å². The summed E-state index contributed by atoms with van der Waals surface area (Å²) in [4.78, 5) is 10.9. The first-order valence-corrected chi connectivity index (χ1v) is 4.84. The first-order chi connectivity index (χ1) is 8.28. The van der Waals surface area contributed by atoms with Gasteiger partial charge in [0, 0.05) is 0 Å². The number of carboxylic acid groups (broad SMARTS) is 1. The maximum absolute atomic E-state index is 12.1. The number of halogens is 3. The summed E-state index contributed by atoms with van der Waals surface area (Å²) in [6.45, 7) is 1.57. The summed E-state index contributed by atoms with van der Waals surface area (Å²) < 4.78 is 39.8. The van der Waals surface area contributed by atoms with Crippen LogP contribution in [0.3, 0.4) is 0 Å². The van der Waals surface area contributed by atoms with Crippen molar-refractivity contribution >= 4 is 5.97 Å². The number of benzene rings is 1. The summed E-state index contributed by atoms with van der Waals surface area (Å²) in [5, 5.41) is 17.7. The molecule has 0 aliphatic heterocycles. The number of carbonyl (C=O) groups is 1. The van der Waals surface area contributed by atoms with Gasteiger partial charge >= 0.3 is 12.3 Å². The summed E-state index contributed by atoms with van der Waals surface area (Å²) in [5.74, 6) is -1.96. The van der Waals surface area contributed by atoms with Crippen molar-refractivity contribution in [3.8, 4) is 11.8 Å². The van der Waals surface area contributed by atoms with E-state index in [4.69, 9.17) is 10.4 Å². The van der Waals surface area contributed by atoms with Crippen molar-refractivity contribution in [3.05, 3.63) is 28.8 Å². The SMILES string of the molecule is CCc1cc(OC(F)(F)F)cc(C#N)c1C(=O)O. The molecule has 0 radical (unpaired) electrons. The van der Waals surface area contributed by atoms with Gasteiger partial charge in [-0.2, -0.15) is 5.26 Å². The molecule has 0 aliphatic rings. The van der Waals surface area contributed by atoms with Gasteiger partial charge in [0.15, 0.2) is 0 Å². The molecule has 1 N–H and O–H groups in total. The fraction of sp³-hybridized carbons (Fsp3) is 0.273. The fourth-order valence-electron chi connectivity index (χ4n) is 1.49. The molecule has 0 aliphatic carbocycles. The molecule has 0 unspecified atom stereocenters. The van der Waals surface area contributed by atoms with Crippen LogP contribution in [-0.4, -0.2) is 17.4 Å². The predicted molar refractivity (Wildman–Crippen MR) is 54.2 cm³/mol. The van der Waals surface area contributed by atoms with Crippen molar-refractivity contribution in [2.45, 2.75) is 19.7 Å². The molecule has 0 fully saturated rings. The van der Waals surface area contributed by atoms with Crippen molar-refractivity contribution in [1.29, 1.82) is 5.26 Å². The van der Waals surface area contributed by atoms with E-state index < -0.39 is 18.1 Å². The first-order valence-electron chi connectivity index (χ1n) is 4.84. The molecular formula is C11H8F3NO3. The molecule has 0 saturated carbocycles. The monoisotopic (exact) mass is 259 g/mol. The number of aryl methyl sites for hydroxylation is 1. The molecule has 0 aromatic heterocycles. The number of rotatable bonds is 3. The molecule has 4 nitrogen and oxygen atoms in total. The van der Waals surface area contributed by atoms with Crippen LogP contribution in [0.2, 0.25) is 0 Å². The standard InChI is InChI=1S/C11H8F3NO3/c1-2-6-3-8(18-11(12,13)14)4-7(5-15)9(6)10(16)17/h3-4H,2H2,1H3,(H,16,17). The van der Waals surface area contributed by atoms with E-state index in [0.717, 1.165) is 12.1 Å². The van der Waals surface area contributed by atoms with Crippen molar-refractivity contribution in [3.63, 3.8) is 0 Å². The van der Waals surface area contributed by atoms with Crippen LogP contribution >= 0.6 is 0 Å². The maximum Gasteiger partial charge on any atom is 0.573 e. The lowest BCUT2D eigenvalue weighted by Crippen LogP contribution is -2.18. The van der Waals surface area contributed by atoms with E-state index in [1.165, 1.54) is 0 Å². The van der Waals surface area contributed by atoms with Crippen LogP contribution < -0.4 is 4.74 Å². The molecule has 1 aromatic carbocycles. The van der Waals surface area contributed by atoms with Gasteiger partial charge in [-0.15, -0.1) is 13.2 Å². The van der Waals surface area contributed by atoms with Crippen LogP contribution in [0.25, 0.3) is 0 Å². The van der Waals surface area contributed by atoms with Crippen molar-refractivity contribution < 1.29 is 27.8 Å². The fourth-order valence-corrected chi connectivity index (χ4v) is 1.49. The summed E-state index contributed by atoms with van der Waals surface area (Å²) in [6.07, 6.45) is -4.71. The maximum atomic E-state index is 12.1. The number of carboxylic acids is 1. The molecule has 0 saturated heterocycles. The normalized spacial score (nSPS) is 10.8. The predicted octanol–water partition coefficient (Wildman–Crippen LogP) is 2.72. The number of hydrogen-bond acceptors (Lipinski definition) is 3. The molecule has 1 aromatic rings. The lowest BCUT2D eigenvalue weighted by Gasteiger charge is -2.12. The average molecular weight is 259 g/mol. The third kappa shape index (κ3) is 3.13. The molecule has 18 heavy (non-hydrogen) atoms. The van der Waals surface area contributed by atoms with Crippen LogP contribution in [0.5, 0.6) is 5.75 Å². The highest BCUT2D eigenvalue weighted by atomic mass is 19.4. The van der Waals surface area contributed by atoms with E-state index in [1.54, 1.807) is 13.0 Å². The van der Waals surface area contributed by atoms with Gasteiger partial charge in [0.05, 0.1) is 11.1 Å². The van der Waals surface area contributed by atoms with Gasteiger partial charge < -0.3 is 9.84 Å². The van der Waals surface area contributed by atoms with Gasteiger partial charge in [0.2, 0.25) is 0 Å². The second-order valence-corrected chi connectivity index (χ2v) is 3.32. The van der Waals surface area contributed by atoms with Gasteiger partial charge in [0.1, 0.15) is 11.8 Å². The van der Waals surface area contributed by atoms with Crippen LogP contribution in [0.4, 0.5) is 13.2 Å². The zero-order valence-electron chi connectivity index (χ0n) is 9.21. The molecule has 96 valence electrons. The van der Waals surface area contributed by atoms with Gasteiger partial charge in [-0.1, -0.05) is 6.92 Å². The summed E-state index contributed by atoms with van der Waals surface area (Å²) in [5.41, 5.74) is -0.545. The van der Waals surface area contributed by atoms with E-state index in [2.05, 4.69) is 4.74 Å². The number of nitrogens with zero attached hydrogens (tertiary/aromatic N) is 1. The summed E-state index contributed by atoms with van der Waals surface area (Å²) in [7, 11) is 0. The Hall–Kier alpha value is -2.23. The van der Waals surface area contributed by atoms with E-state index in [-0.39, 0.29) is 23.1 Å². The van der Waals surface area contributed by atoms with Gasteiger partial charge in [-0.3, -0.25) is 0 Å². The second-order valence-electron chi connectivity index (χ2n) is 3.32. The summed E-state index contributed by atoms with van der Waals surface area (Å²) in [6, 6.07) is 3.28. The topological polar surface area (TPSA) is 70.3 Å². The van der Waals surface area contributed by atoms with E-state index in [1.807, 2.05) is 0 Å². The minimum Gasteiger partial charge on any atom is -0.478 e. The molecule has 0 amide bonds. The third-order valence-electron chi connectivity index (χ3n) is 2.14. The minimum absolute atomic E-state index is 0.112. The lowest BCUT2D eigenvalue weighted by atomic mass is 9.99. The molecule has 1 rings (SSSR count). The second kappa shape index (κ2) is 4.96. The smallest absolute Gasteiger partial charge is 0.478 e. The number of aromatic carboxylic acids is 1. The molecule has 0 bridgehead atoms. The number of ether oxygens (including phenoxy) is 1. The Bertz CT molecular complexity index is 517. The van der Waals surface area contributed by atoms with Gasteiger partial charge in [-0.05, 0) is 24.1 Å². The minimum atomic E-state index is -4.89. The zero-order chi connectivity index (χ0) is 13.9. The quantitative estimate of drug-likeness (QED) is 0.905. The highest BCUT2D eigenvalue weighted by molar-refractivity contribution is 5.92. The third-order valence-corrected chi connectivity index (χ3v) is 2.14. The van der Waals surface area contributed by atoms with Crippen molar-refractivity contribution in [2.75, 3.05) is 0 Å². The Labute approximate surface area is 100 Å². The molecule has 0 heterocycles. The van der Waals surface area contributed by atoms with Crippen LogP contribution in [0.1, 0.15) is 28.4 Å². The Morgan fingerprint density at radius 2 is 2.11 bits per heavy atom. The Kier molecular flexibility index (Phi) is 3.81. The Morgan fingerprint density at radius 1 is 1.50 bits per heavy atom. The number of alkyl halides is 3. The van der Waals surface area contributed by atoms with Crippen LogP contribution in [0.15, 0.2) is 12.1 Å².